The number of halogens is 2. The largest absolute Gasteiger partial charge is 0.298 e. The molecule has 2 aromatic carbocycles. The summed E-state index contributed by atoms with van der Waals surface area (Å²) in [5, 5.41) is 0. The van der Waals surface area contributed by atoms with Crippen molar-refractivity contribution in [1.29, 1.82) is 0 Å². The average molecular weight is 293 g/mol. The number of carbonyl (C=O) groups excluding carboxylic acids is 1. The van der Waals surface area contributed by atoms with Crippen molar-refractivity contribution in [2.45, 2.75) is 6.42 Å². The Hall–Kier alpha value is -1.48. The fourth-order valence-electron chi connectivity index (χ4n) is 1.68. The third kappa shape index (κ3) is 3.24. The SMILES string of the molecule is O=Cc1cc(Br)cc(Cc2ccc(F)cc2)c1. The Morgan fingerprint density at radius 3 is 2.41 bits per heavy atom. The summed E-state index contributed by atoms with van der Waals surface area (Å²) in [5.41, 5.74) is 2.67. The molecule has 3 heteroatoms. The van der Waals surface area contributed by atoms with E-state index in [4.69, 9.17) is 0 Å². The molecule has 0 aliphatic rings. The van der Waals surface area contributed by atoms with E-state index in [9.17, 15) is 9.18 Å². The van der Waals surface area contributed by atoms with Crippen LogP contribution in [0, 0.1) is 5.82 Å². The first-order valence-corrected chi connectivity index (χ1v) is 5.96. The molecule has 0 aliphatic carbocycles. The summed E-state index contributed by atoms with van der Waals surface area (Å²) in [4.78, 5) is 10.7. The van der Waals surface area contributed by atoms with Crippen LogP contribution in [0.15, 0.2) is 46.9 Å². The van der Waals surface area contributed by atoms with Gasteiger partial charge in [0.1, 0.15) is 12.1 Å². The van der Waals surface area contributed by atoms with Crippen molar-refractivity contribution in [3.8, 4) is 0 Å². The Labute approximate surface area is 107 Å². The number of rotatable bonds is 3. The first-order chi connectivity index (χ1) is 8.17. The third-order valence-corrected chi connectivity index (χ3v) is 2.90. The van der Waals surface area contributed by atoms with Gasteiger partial charge >= 0.3 is 0 Å². The minimum absolute atomic E-state index is 0.239. The molecule has 0 aliphatic heterocycles. The van der Waals surface area contributed by atoms with E-state index in [-0.39, 0.29) is 5.82 Å². The maximum Gasteiger partial charge on any atom is 0.150 e. The second-order valence-corrected chi connectivity index (χ2v) is 4.73. The van der Waals surface area contributed by atoms with Gasteiger partial charge in [0.15, 0.2) is 0 Å². The molecule has 0 saturated heterocycles. The van der Waals surface area contributed by atoms with Crippen molar-refractivity contribution < 1.29 is 9.18 Å². The van der Waals surface area contributed by atoms with Gasteiger partial charge in [-0.15, -0.1) is 0 Å². The number of hydrogen-bond acceptors (Lipinski definition) is 1. The zero-order chi connectivity index (χ0) is 12.3. The molecule has 0 atom stereocenters. The predicted octanol–water partition coefficient (Wildman–Crippen LogP) is 3.99. The van der Waals surface area contributed by atoms with Crippen LogP contribution >= 0.6 is 15.9 Å². The van der Waals surface area contributed by atoms with Crippen LogP contribution in [0.5, 0.6) is 0 Å². The topological polar surface area (TPSA) is 17.1 Å². The second-order valence-electron chi connectivity index (χ2n) is 3.81. The molecule has 0 heterocycles. The van der Waals surface area contributed by atoms with Crippen LogP contribution in [-0.2, 0) is 6.42 Å². The van der Waals surface area contributed by atoms with E-state index < -0.39 is 0 Å². The Morgan fingerprint density at radius 2 is 1.76 bits per heavy atom. The summed E-state index contributed by atoms with van der Waals surface area (Å²) in [5.74, 6) is -0.239. The fraction of sp³-hybridized carbons (Fsp3) is 0.0714. The minimum Gasteiger partial charge on any atom is -0.298 e. The standard InChI is InChI=1S/C14H10BrFO/c15-13-7-11(6-12(8-13)9-17)5-10-1-3-14(16)4-2-10/h1-4,6-9H,5H2. The van der Waals surface area contributed by atoms with Crippen molar-refractivity contribution in [1.82, 2.24) is 0 Å². The lowest BCUT2D eigenvalue weighted by atomic mass is 10.0. The summed E-state index contributed by atoms with van der Waals surface area (Å²) in [7, 11) is 0. The molecule has 0 aromatic heterocycles. The van der Waals surface area contributed by atoms with Gasteiger partial charge in [-0.05, 0) is 47.9 Å². The van der Waals surface area contributed by atoms with Gasteiger partial charge in [0.05, 0.1) is 0 Å². The Kier molecular flexibility index (Phi) is 3.69. The van der Waals surface area contributed by atoms with Crippen LogP contribution in [-0.4, -0.2) is 6.29 Å². The normalized spacial score (nSPS) is 10.2. The monoisotopic (exact) mass is 292 g/mol. The van der Waals surface area contributed by atoms with Gasteiger partial charge in [-0.25, -0.2) is 4.39 Å². The lowest BCUT2D eigenvalue weighted by Crippen LogP contribution is -1.91. The first-order valence-electron chi connectivity index (χ1n) is 5.16. The van der Waals surface area contributed by atoms with E-state index in [0.29, 0.717) is 12.0 Å². The van der Waals surface area contributed by atoms with Crippen molar-refractivity contribution in [2.75, 3.05) is 0 Å². The van der Waals surface area contributed by atoms with Gasteiger partial charge in [-0.2, -0.15) is 0 Å². The van der Waals surface area contributed by atoms with Gasteiger partial charge in [0, 0.05) is 10.0 Å². The van der Waals surface area contributed by atoms with Crippen molar-refractivity contribution in [3.63, 3.8) is 0 Å². The van der Waals surface area contributed by atoms with Gasteiger partial charge in [-0.1, -0.05) is 28.1 Å². The highest BCUT2D eigenvalue weighted by atomic mass is 79.9. The molecule has 0 amide bonds. The lowest BCUT2D eigenvalue weighted by molar-refractivity contribution is 0.112. The lowest BCUT2D eigenvalue weighted by Gasteiger charge is -2.04. The third-order valence-electron chi connectivity index (χ3n) is 2.44. The Bertz CT molecular complexity index is 534. The molecule has 2 aromatic rings. The molecular weight excluding hydrogens is 283 g/mol. The quantitative estimate of drug-likeness (QED) is 0.782. The van der Waals surface area contributed by atoms with Crippen LogP contribution in [0.3, 0.4) is 0 Å². The highest BCUT2D eigenvalue weighted by Gasteiger charge is 2.01. The number of carbonyl (C=O) groups is 1. The van der Waals surface area contributed by atoms with Crippen LogP contribution in [0.2, 0.25) is 0 Å². The molecule has 17 heavy (non-hydrogen) atoms. The maximum absolute atomic E-state index is 12.8. The summed E-state index contributed by atoms with van der Waals surface area (Å²) >= 11 is 3.36. The average Bonchev–Trinajstić information content (AvgIpc) is 2.31. The molecule has 1 nitrogen and oxygen atoms in total. The zero-order valence-corrected chi connectivity index (χ0v) is 10.6. The summed E-state index contributed by atoms with van der Waals surface area (Å²) in [6.45, 7) is 0. The molecule has 2 rings (SSSR count). The fourth-order valence-corrected chi connectivity index (χ4v) is 2.24. The number of benzene rings is 2. The van der Waals surface area contributed by atoms with E-state index in [1.165, 1.54) is 12.1 Å². The van der Waals surface area contributed by atoms with Crippen LogP contribution < -0.4 is 0 Å². The van der Waals surface area contributed by atoms with Crippen LogP contribution in [0.1, 0.15) is 21.5 Å². The summed E-state index contributed by atoms with van der Waals surface area (Å²) < 4.78 is 13.6. The van der Waals surface area contributed by atoms with E-state index in [0.717, 1.165) is 21.9 Å². The van der Waals surface area contributed by atoms with Crippen molar-refractivity contribution in [2.24, 2.45) is 0 Å². The number of aldehydes is 1. The van der Waals surface area contributed by atoms with Gasteiger partial charge in [0.2, 0.25) is 0 Å². The minimum atomic E-state index is -0.239. The molecule has 0 fully saturated rings. The molecule has 0 unspecified atom stereocenters. The molecule has 86 valence electrons. The van der Waals surface area contributed by atoms with E-state index in [1.54, 1.807) is 18.2 Å². The highest BCUT2D eigenvalue weighted by molar-refractivity contribution is 9.10. The van der Waals surface area contributed by atoms with Crippen molar-refractivity contribution in [3.05, 3.63) is 69.4 Å². The molecular formula is C14H10BrFO. The van der Waals surface area contributed by atoms with Gasteiger partial charge in [0.25, 0.3) is 0 Å². The molecule has 0 N–H and O–H groups in total. The van der Waals surface area contributed by atoms with Gasteiger partial charge < -0.3 is 0 Å². The molecule has 0 radical (unpaired) electrons. The molecule has 0 spiro atoms. The summed E-state index contributed by atoms with van der Waals surface area (Å²) in [6.07, 6.45) is 1.50. The zero-order valence-electron chi connectivity index (χ0n) is 8.99. The van der Waals surface area contributed by atoms with Crippen LogP contribution in [0.25, 0.3) is 0 Å². The molecule has 0 saturated carbocycles. The van der Waals surface area contributed by atoms with E-state index in [2.05, 4.69) is 15.9 Å². The van der Waals surface area contributed by atoms with E-state index >= 15 is 0 Å². The number of hydrogen-bond donors (Lipinski definition) is 0. The first kappa shape index (κ1) is 12.0. The van der Waals surface area contributed by atoms with Crippen molar-refractivity contribution >= 4 is 22.2 Å². The van der Waals surface area contributed by atoms with E-state index in [1.807, 2.05) is 12.1 Å². The smallest absolute Gasteiger partial charge is 0.150 e. The van der Waals surface area contributed by atoms with Gasteiger partial charge in [-0.3, -0.25) is 4.79 Å². The Morgan fingerprint density at radius 1 is 1.06 bits per heavy atom. The summed E-state index contributed by atoms with van der Waals surface area (Å²) in [6, 6.07) is 11.9. The molecule has 0 bridgehead atoms. The predicted molar refractivity (Wildman–Crippen MR) is 68.7 cm³/mol. The maximum atomic E-state index is 12.8. The highest BCUT2D eigenvalue weighted by Crippen LogP contribution is 2.18. The van der Waals surface area contributed by atoms with Crippen LogP contribution in [0.4, 0.5) is 4.39 Å². The Balaban J connectivity index is 2.26. The second kappa shape index (κ2) is 5.23.